The van der Waals surface area contributed by atoms with E-state index < -0.39 is 0 Å². The molecule has 0 amide bonds. The first-order valence-corrected chi connectivity index (χ1v) is 9.70. The lowest BCUT2D eigenvalue weighted by Crippen LogP contribution is -2.34. The van der Waals surface area contributed by atoms with Crippen LogP contribution >= 0.6 is 0 Å². The summed E-state index contributed by atoms with van der Waals surface area (Å²) >= 11 is 0. The maximum Gasteiger partial charge on any atom is 0.123 e. The zero-order valence-corrected chi connectivity index (χ0v) is 16.8. The van der Waals surface area contributed by atoms with E-state index in [4.69, 9.17) is 5.41 Å². The van der Waals surface area contributed by atoms with Gasteiger partial charge in [-0.25, -0.2) is 4.39 Å². The Labute approximate surface area is 158 Å². The van der Waals surface area contributed by atoms with Gasteiger partial charge in [-0.1, -0.05) is 69.0 Å². The Morgan fingerprint density at radius 2 is 1.77 bits per heavy atom. The van der Waals surface area contributed by atoms with E-state index in [2.05, 4.69) is 52.8 Å². The van der Waals surface area contributed by atoms with Crippen LogP contribution in [0.5, 0.6) is 0 Å². The molecule has 0 aromatic heterocycles. The highest BCUT2D eigenvalue weighted by Gasteiger charge is 2.33. The van der Waals surface area contributed by atoms with Crippen LogP contribution in [0.4, 0.5) is 4.39 Å². The molecule has 2 aromatic carbocycles. The van der Waals surface area contributed by atoms with Gasteiger partial charge in [-0.15, -0.1) is 0 Å². The summed E-state index contributed by atoms with van der Waals surface area (Å²) < 4.78 is 13.3. The molecule has 2 aromatic rings. The van der Waals surface area contributed by atoms with E-state index in [1.165, 1.54) is 41.7 Å². The molecule has 0 radical (unpaired) electrons. The van der Waals surface area contributed by atoms with Gasteiger partial charge in [-0.2, -0.15) is 0 Å². The summed E-state index contributed by atoms with van der Waals surface area (Å²) in [6.45, 7) is 10.9. The average Bonchev–Trinajstić information content (AvgIpc) is 2.61. The first-order chi connectivity index (χ1) is 12.3. The van der Waals surface area contributed by atoms with E-state index in [9.17, 15) is 4.39 Å². The van der Waals surface area contributed by atoms with Crippen molar-refractivity contribution in [1.82, 2.24) is 0 Å². The molecule has 1 nitrogen and oxygen atoms in total. The summed E-state index contributed by atoms with van der Waals surface area (Å²) in [5.41, 5.74) is 4.68. The van der Waals surface area contributed by atoms with E-state index in [1.807, 2.05) is 0 Å². The van der Waals surface area contributed by atoms with Crippen LogP contribution in [0, 0.1) is 31.0 Å². The quantitative estimate of drug-likeness (QED) is 0.495. The van der Waals surface area contributed by atoms with E-state index in [1.54, 1.807) is 12.1 Å². The van der Waals surface area contributed by atoms with Crippen LogP contribution in [0.1, 0.15) is 68.7 Å². The molecule has 1 N–H and O–H groups in total. The van der Waals surface area contributed by atoms with Crippen molar-refractivity contribution in [2.45, 2.75) is 65.7 Å². The zero-order valence-electron chi connectivity index (χ0n) is 16.8. The highest BCUT2D eigenvalue weighted by Crippen LogP contribution is 2.36. The second kappa shape index (κ2) is 8.62. The van der Waals surface area contributed by atoms with E-state index in [-0.39, 0.29) is 11.2 Å². The fraction of sp³-hybridized carbons (Fsp3) is 0.458. The van der Waals surface area contributed by atoms with Crippen molar-refractivity contribution in [2.24, 2.45) is 5.92 Å². The SMILES string of the molecule is CCC(C)CCCC(C)(C(=N)c1ccc(F)cc1)c1ccc(C)cc1C. The van der Waals surface area contributed by atoms with Crippen LogP contribution in [-0.4, -0.2) is 5.71 Å². The van der Waals surface area contributed by atoms with Gasteiger partial charge in [0.25, 0.3) is 0 Å². The Bertz CT molecular complexity index is 747. The fourth-order valence-electron chi connectivity index (χ4n) is 3.77. The predicted molar refractivity (Wildman–Crippen MR) is 110 cm³/mol. The summed E-state index contributed by atoms with van der Waals surface area (Å²) in [4.78, 5) is 0. The molecular weight excluding hydrogens is 321 g/mol. The lowest BCUT2D eigenvalue weighted by Gasteiger charge is -2.33. The van der Waals surface area contributed by atoms with Gasteiger partial charge in [0.2, 0.25) is 0 Å². The molecular formula is C24H32FN. The molecule has 140 valence electrons. The minimum absolute atomic E-state index is 0.258. The van der Waals surface area contributed by atoms with Gasteiger partial charge < -0.3 is 5.41 Å². The van der Waals surface area contributed by atoms with Crippen LogP contribution in [-0.2, 0) is 5.41 Å². The Morgan fingerprint density at radius 3 is 2.35 bits per heavy atom. The molecule has 0 bridgehead atoms. The van der Waals surface area contributed by atoms with Gasteiger partial charge in [0, 0.05) is 11.1 Å². The molecule has 26 heavy (non-hydrogen) atoms. The standard InChI is InChI=1S/C24H32FN/c1-6-17(2)8-7-15-24(5,22-14-9-18(3)16-19(22)4)23(26)20-10-12-21(25)13-11-20/h9-14,16-17,26H,6-8,15H2,1-5H3. The molecule has 0 spiro atoms. The van der Waals surface area contributed by atoms with Crippen molar-refractivity contribution < 1.29 is 4.39 Å². The number of aryl methyl sites for hydroxylation is 2. The Morgan fingerprint density at radius 1 is 1.12 bits per heavy atom. The zero-order chi connectivity index (χ0) is 19.3. The molecule has 2 rings (SSSR count). The molecule has 2 atom stereocenters. The third-order valence-corrected chi connectivity index (χ3v) is 5.73. The fourth-order valence-corrected chi connectivity index (χ4v) is 3.77. The highest BCUT2D eigenvalue weighted by molar-refractivity contribution is 6.05. The summed E-state index contributed by atoms with van der Waals surface area (Å²) in [6.07, 6.45) is 4.38. The molecule has 0 aliphatic heterocycles. The van der Waals surface area contributed by atoms with E-state index >= 15 is 0 Å². The topological polar surface area (TPSA) is 23.9 Å². The molecule has 2 heteroatoms. The molecule has 0 aliphatic rings. The van der Waals surface area contributed by atoms with Crippen molar-refractivity contribution in [3.8, 4) is 0 Å². The van der Waals surface area contributed by atoms with Crippen LogP contribution in [0.15, 0.2) is 42.5 Å². The third kappa shape index (κ3) is 4.60. The minimum Gasteiger partial charge on any atom is -0.304 e. The number of rotatable bonds is 8. The Balaban J connectivity index is 2.39. The first-order valence-electron chi connectivity index (χ1n) is 9.70. The molecule has 0 fully saturated rings. The van der Waals surface area contributed by atoms with Crippen molar-refractivity contribution in [2.75, 3.05) is 0 Å². The van der Waals surface area contributed by atoms with Crippen molar-refractivity contribution in [3.05, 3.63) is 70.5 Å². The normalized spacial score (nSPS) is 14.7. The molecule has 0 aliphatic carbocycles. The van der Waals surface area contributed by atoms with Crippen LogP contribution < -0.4 is 0 Å². The average molecular weight is 354 g/mol. The van der Waals surface area contributed by atoms with Crippen molar-refractivity contribution in [3.63, 3.8) is 0 Å². The number of halogens is 1. The van der Waals surface area contributed by atoms with Crippen LogP contribution in [0.2, 0.25) is 0 Å². The van der Waals surface area contributed by atoms with Crippen molar-refractivity contribution >= 4 is 5.71 Å². The monoisotopic (exact) mass is 353 g/mol. The van der Waals surface area contributed by atoms with Crippen molar-refractivity contribution in [1.29, 1.82) is 5.41 Å². The van der Waals surface area contributed by atoms with Crippen LogP contribution in [0.25, 0.3) is 0 Å². The number of hydrogen-bond acceptors (Lipinski definition) is 1. The first kappa shape index (κ1) is 20.4. The van der Waals surface area contributed by atoms with Gasteiger partial charge in [0.15, 0.2) is 0 Å². The number of benzene rings is 2. The van der Waals surface area contributed by atoms with Gasteiger partial charge in [0.05, 0.1) is 0 Å². The molecule has 2 unspecified atom stereocenters. The third-order valence-electron chi connectivity index (χ3n) is 5.73. The second-order valence-corrected chi connectivity index (χ2v) is 7.94. The summed E-state index contributed by atoms with van der Waals surface area (Å²) in [5, 5.41) is 8.95. The van der Waals surface area contributed by atoms with Gasteiger partial charge >= 0.3 is 0 Å². The lowest BCUT2D eigenvalue weighted by molar-refractivity contribution is 0.445. The van der Waals surface area contributed by atoms with Gasteiger partial charge in [-0.3, -0.25) is 0 Å². The summed E-state index contributed by atoms with van der Waals surface area (Å²) in [6, 6.07) is 12.9. The Hall–Kier alpha value is -1.96. The molecule has 0 heterocycles. The maximum atomic E-state index is 13.3. The summed E-state index contributed by atoms with van der Waals surface area (Å²) in [7, 11) is 0. The number of nitrogens with one attached hydrogen (secondary N) is 1. The van der Waals surface area contributed by atoms with Gasteiger partial charge in [-0.05, 0) is 61.9 Å². The van der Waals surface area contributed by atoms with E-state index in [0.717, 1.165) is 18.4 Å². The predicted octanol–water partition coefficient (Wildman–Crippen LogP) is 6.98. The Kier molecular flexibility index (Phi) is 6.75. The van der Waals surface area contributed by atoms with E-state index in [0.29, 0.717) is 11.6 Å². The molecule has 0 saturated heterocycles. The number of hydrogen-bond donors (Lipinski definition) is 1. The van der Waals surface area contributed by atoms with Crippen LogP contribution in [0.3, 0.4) is 0 Å². The lowest BCUT2D eigenvalue weighted by atomic mass is 9.70. The van der Waals surface area contributed by atoms with Gasteiger partial charge in [0.1, 0.15) is 5.82 Å². The minimum atomic E-state index is -0.372. The second-order valence-electron chi connectivity index (χ2n) is 7.94. The molecule has 0 saturated carbocycles. The smallest absolute Gasteiger partial charge is 0.123 e. The maximum absolute atomic E-state index is 13.3. The summed E-state index contributed by atoms with van der Waals surface area (Å²) in [5.74, 6) is 0.449. The highest BCUT2D eigenvalue weighted by atomic mass is 19.1. The largest absolute Gasteiger partial charge is 0.304 e.